The van der Waals surface area contributed by atoms with Crippen LogP contribution in [0.1, 0.15) is 10.4 Å². The summed E-state index contributed by atoms with van der Waals surface area (Å²) in [7, 11) is -1.22. The van der Waals surface area contributed by atoms with Gasteiger partial charge < -0.3 is 5.32 Å². The minimum absolute atomic E-state index is 0.0989. The number of anilines is 1. The summed E-state index contributed by atoms with van der Waals surface area (Å²) in [6.07, 6.45) is 0. The van der Waals surface area contributed by atoms with Crippen molar-refractivity contribution < 1.29 is 26.4 Å². The zero-order chi connectivity index (χ0) is 18.9. The maximum Gasteiger partial charge on any atom is 0.257 e. The molecular weight excluding hydrogens is 381 g/mol. The Bertz CT molecular complexity index is 949. The summed E-state index contributed by atoms with van der Waals surface area (Å²) in [6.45, 7) is 0. The summed E-state index contributed by atoms with van der Waals surface area (Å²) in [5.74, 6) is -4.94. The summed E-state index contributed by atoms with van der Waals surface area (Å²) < 4.78 is 64.9. The van der Waals surface area contributed by atoms with E-state index in [0.717, 1.165) is 10.4 Å². The second kappa shape index (κ2) is 7.03. The molecule has 25 heavy (non-hydrogen) atoms. The molecule has 1 N–H and O–H groups in total. The van der Waals surface area contributed by atoms with Crippen LogP contribution in [0.5, 0.6) is 0 Å². The lowest BCUT2D eigenvalue weighted by molar-refractivity contribution is 0.102. The van der Waals surface area contributed by atoms with Gasteiger partial charge >= 0.3 is 0 Å². The third-order valence-electron chi connectivity index (χ3n) is 3.22. The second-order valence-electron chi connectivity index (χ2n) is 5.13. The number of carbonyl (C=O) groups is 1. The maximum absolute atomic E-state index is 13.6. The van der Waals surface area contributed by atoms with Crippen molar-refractivity contribution >= 4 is 33.2 Å². The summed E-state index contributed by atoms with van der Waals surface area (Å²) in [4.78, 5) is 12.0. The Labute approximate surface area is 147 Å². The molecule has 0 aliphatic carbocycles. The molecular formula is C15H12ClF3N2O3S. The van der Waals surface area contributed by atoms with Gasteiger partial charge in [0.15, 0.2) is 11.6 Å². The molecule has 0 heterocycles. The first-order valence-corrected chi connectivity index (χ1v) is 8.54. The quantitative estimate of drug-likeness (QED) is 0.812. The molecule has 0 bridgehead atoms. The van der Waals surface area contributed by atoms with E-state index in [0.29, 0.717) is 6.07 Å². The molecule has 5 nitrogen and oxygen atoms in total. The molecule has 0 unspecified atom stereocenters. The van der Waals surface area contributed by atoms with Gasteiger partial charge in [0, 0.05) is 26.2 Å². The lowest BCUT2D eigenvalue weighted by Crippen LogP contribution is -2.23. The topological polar surface area (TPSA) is 66.5 Å². The molecule has 0 radical (unpaired) electrons. The van der Waals surface area contributed by atoms with Crippen molar-refractivity contribution in [2.24, 2.45) is 0 Å². The second-order valence-corrected chi connectivity index (χ2v) is 7.69. The van der Waals surface area contributed by atoms with Crippen molar-refractivity contribution in [2.45, 2.75) is 4.90 Å². The Morgan fingerprint density at radius 2 is 1.64 bits per heavy atom. The van der Waals surface area contributed by atoms with Gasteiger partial charge in [-0.1, -0.05) is 11.6 Å². The largest absolute Gasteiger partial charge is 0.319 e. The van der Waals surface area contributed by atoms with Crippen LogP contribution < -0.4 is 5.32 Å². The van der Waals surface area contributed by atoms with Crippen LogP contribution in [-0.4, -0.2) is 32.7 Å². The summed E-state index contributed by atoms with van der Waals surface area (Å²) in [6, 6.07) is 4.14. The maximum atomic E-state index is 13.6. The van der Waals surface area contributed by atoms with Gasteiger partial charge in [-0.2, -0.15) is 0 Å². The van der Waals surface area contributed by atoms with Crippen molar-refractivity contribution in [2.75, 3.05) is 19.4 Å². The van der Waals surface area contributed by atoms with Crippen LogP contribution in [0, 0.1) is 17.5 Å². The number of rotatable bonds is 4. The highest BCUT2D eigenvalue weighted by molar-refractivity contribution is 7.89. The van der Waals surface area contributed by atoms with Gasteiger partial charge in [-0.15, -0.1) is 0 Å². The number of benzene rings is 2. The van der Waals surface area contributed by atoms with Gasteiger partial charge in [0.1, 0.15) is 5.82 Å². The van der Waals surface area contributed by atoms with Gasteiger partial charge in [-0.25, -0.2) is 25.9 Å². The van der Waals surface area contributed by atoms with Crippen molar-refractivity contribution in [3.05, 3.63) is 58.4 Å². The monoisotopic (exact) mass is 392 g/mol. The van der Waals surface area contributed by atoms with E-state index < -0.39 is 39.1 Å². The van der Waals surface area contributed by atoms with E-state index in [9.17, 15) is 26.4 Å². The van der Waals surface area contributed by atoms with Crippen LogP contribution in [0.15, 0.2) is 35.2 Å². The summed E-state index contributed by atoms with van der Waals surface area (Å²) in [5, 5.41) is 1.93. The van der Waals surface area contributed by atoms with E-state index in [4.69, 9.17) is 11.6 Å². The normalized spacial score (nSPS) is 11.6. The SMILES string of the molecule is CN(C)S(=O)(=O)c1ccc(Cl)c(C(=O)Nc2cc(F)c(F)cc2F)c1. The minimum Gasteiger partial charge on any atom is -0.319 e. The Kier molecular flexibility index (Phi) is 5.40. The van der Waals surface area contributed by atoms with Gasteiger partial charge in [-0.3, -0.25) is 4.79 Å². The first-order chi connectivity index (χ1) is 11.5. The highest BCUT2D eigenvalue weighted by atomic mass is 35.5. The Morgan fingerprint density at radius 3 is 2.24 bits per heavy atom. The highest BCUT2D eigenvalue weighted by Gasteiger charge is 2.21. The van der Waals surface area contributed by atoms with Crippen LogP contribution in [-0.2, 0) is 10.0 Å². The van der Waals surface area contributed by atoms with Crippen molar-refractivity contribution in [3.8, 4) is 0 Å². The molecule has 0 saturated carbocycles. The number of halogens is 4. The number of nitrogens with one attached hydrogen (secondary N) is 1. The van der Waals surface area contributed by atoms with Gasteiger partial charge in [0.25, 0.3) is 5.91 Å². The first kappa shape index (κ1) is 19.2. The van der Waals surface area contributed by atoms with Gasteiger partial charge in [-0.05, 0) is 18.2 Å². The number of amides is 1. The Morgan fingerprint density at radius 1 is 1.04 bits per heavy atom. The van der Waals surface area contributed by atoms with Crippen molar-refractivity contribution in [3.63, 3.8) is 0 Å². The standard InChI is InChI=1S/C15H12ClF3N2O3S/c1-21(2)25(23,24)8-3-4-10(16)9(5-8)15(22)20-14-7-12(18)11(17)6-13(14)19/h3-7H,1-2H3,(H,20,22). The Hall–Kier alpha value is -2.10. The zero-order valence-electron chi connectivity index (χ0n) is 13.0. The molecule has 2 aromatic rings. The third-order valence-corrected chi connectivity index (χ3v) is 5.36. The molecule has 0 atom stereocenters. The predicted octanol–water partition coefficient (Wildman–Crippen LogP) is 3.26. The van der Waals surface area contributed by atoms with Crippen LogP contribution in [0.4, 0.5) is 18.9 Å². The molecule has 2 aromatic carbocycles. The zero-order valence-corrected chi connectivity index (χ0v) is 14.6. The lowest BCUT2D eigenvalue weighted by Gasteiger charge is -2.13. The van der Waals surface area contributed by atoms with E-state index in [2.05, 4.69) is 0 Å². The summed E-state index contributed by atoms with van der Waals surface area (Å²) >= 11 is 5.89. The highest BCUT2D eigenvalue weighted by Crippen LogP contribution is 2.24. The number of sulfonamides is 1. The summed E-state index contributed by atoms with van der Waals surface area (Å²) in [5.41, 5.74) is -0.880. The van der Waals surface area contributed by atoms with E-state index in [1.165, 1.54) is 26.2 Å². The fourth-order valence-corrected chi connectivity index (χ4v) is 2.99. The molecule has 0 saturated heterocycles. The van der Waals surface area contributed by atoms with Gasteiger partial charge in [0.05, 0.1) is 21.2 Å². The molecule has 2 rings (SSSR count). The Balaban J connectivity index is 2.42. The molecule has 10 heteroatoms. The lowest BCUT2D eigenvalue weighted by atomic mass is 10.2. The fraction of sp³-hybridized carbons (Fsp3) is 0.133. The van der Waals surface area contributed by atoms with E-state index >= 15 is 0 Å². The third kappa shape index (κ3) is 3.94. The molecule has 0 aromatic heterocycles. The van der Waals surface area contributed by atoms with Crippen LogP contribution >= 0.6 is 11.6 Å². The average molecular weight is 393 g/mol. The number of nitrogens with zero attached hydrogens (tertiary/aromatic N) is 1. The van der Waals surface area contributed by atoms with Crippen LogP contribution in [0.25, 0.3) is 0 Å². The van der Waals surface area contributed by atoms with E-state index in [1.807, 2.05) is 5.32 Å². The average Bonchev–Trinajstić information content (AvgIpc) is 2.52. The molecule has 1 amide bonds. The smallest absolute Gasteiger partial charge is 0.257 e. The molecule has 0 aliphatic rings. The fourth-order valence-electron chi connectivity index (χ4n) is 1.86. The van der Waals surface area contributed by atoms with E-state index in [1.54, 1.807) is 0 Å². The van der Waals surface area contributed by atoms with E-state index in [-0.39, 0.29) is 21.5 Å². The molecule has 0 spiro atoms. The number of hydrogen-bond acceptors (Lipinski definition) is 3. The number of carbonyl (C=O) groups excluding carboxylic acids is 1. The van der Waals surface area contributed by atoms with Crippen molar-refractivity contribution in [1.29, 1.82) is 0 Å². The van der Waals surface area contributed by atoms with Crippen molar-refractivity contribution in [1.82, 2.24) is 4.31 Å². The van der Waals surface area contributed by atoms with Gasteiger partial charge in [0.2, 0.25) is 10.0 Å². The minimum atomic E-state index is -3.83. The van der Waals surface area contributed by atoms with Crippen LogP contribution in [0.2, 0.25) is 5.02 Å². The molecule has 0 aliphatic heterocycles. The predicted molar refractivity (Wildman–Crippen MR) is 86.6 cm³/mol. The van der Waals surface area contributed by atoms with Crippen LogP contribution in [0.3, 0.4) is 0 Å². The first-order valence-electron chi connectivity index (χ1n) is 6.72. The molecule has 134 valence electrons. The number of hydrogen-bond donors (Lipinski definition) is 1. The molecule has 0 fully saturated rings.